The fourth-order valence-electron chi connectivity index (χ4n) is 2.72. The van der Waals surface area contributed by atoms with E-state index in [2.05, 4.69) is 10.4 Å². The van der Waals surface area contributed by atoms with Gasteiger partial charge in [-0.25, -0.2) is 9.48 Å². The van der Waals surface area contributed by atoms with Crippen molar-refractivity contribution < 1.29 is 19.1 Å². The minimum atomic E-state index is -0.745. The first-order chi connectivity index (χ1) is 12.4. The smallest absolute Gasteiger partial charge is 0.328 e. The number of carbonyl (C=O) groups excluding carboxylic acids is 2. The average Bonchev–Trinajstić information content (AvgIpc) is 2.62. The topological polar surface area (TPSA) is 103 Å². The minimum Gasteiger partial charge on any atom is -0.467 e. The molecular formula is C17H26N4O5. The summed E-state index contributed by atoms with van der Waals surface area (Å²) in [6.07, 6.45) is 0.453. The number of esters is 1. The molecule has 1 atom stereocenters. The molecule has 26 heavy (non-hydrogen) atoms. The van der Waals surface area contributed by atoms with Crippen LogP contribution in [-0.4, -0.2) is 61.1 Å². The van der Waals surface area contributed by atoms with Gasteiger partial charge in [-0.1, -0.05) is 13.8 Å². The van der Waals surface area contributed by atoms with E-state index in [9.17, 15) is 14.4 Å². The summed E-state index contributed by atoms with van der Waals surface area (Å²) in [6.45, 7) is 6.17. The van der Waals surface area contributed by atoms with Crippen LogP contribution in [-0.2, 0) is 25.6 Å². The van der Waals surface area contributed by atoms with Gasteiger partial charge in [0, 0.05) is 19.2 Å². The van der Waals surface area contributed by atoms with Crippen LogP contribution in [0.1, 0.15) is 20.3 Å². The number of morpholine rings is 1. The van der Waals surface area contributed by atoms with Gasteiger partial charge < -0.3 is 19.7 Å². The van der Waals surface area contributed by atoms with Crippen molar-refractivity contribution in [3.63, 3.8) is 0 Å². The van der Waals surface area contributed by atoms with Gasteiger partial charge in [0.15, 0.2) is 0 Å². The molecule has 144 valence electrons. The standard InChI is InChI=1S/C17H26N4O5/c1-12(2)10-13(17(24)25-3)18-15(22)11-21-16(23)5-4-14(19-21)20-6-8-26-9-7-20/h4-5,12-13H,6-11H2,1-3H3,(H,18,22)/t13-/m0/s1. The molecule has 1 aromatic heterocycles. The maximum atomic E-state index is 12.3. The summed E-state index contributed by atoms with van der Waals surface area (Å²) in [7, 11) is 1.28. The van der Waals surface area contributed by atoms with E-state index in [1.165, 1.54) is 13.2 Å². The van der Waals surface area contributed by atoms with Crippen molar-refractivity contribution in [2.24, 2.45) is 5.92 Å². The quantitative estimate of drug-likeness (QED) is 0.666. The molecule has 1 amide bonds. The van der Waals surface area contributed by atoms with Crippen molar-refractivity contribution in [2.45, 2.75) is 32.9 Å². The summed E-state index contributed by atoms with van der Waals surface area (Å²) < 4.78 is 11.1. The highest BCUT2D eigenvalue weighted by Crippen LogP contribution is 2.10. The first-order valence-corrected chi connectivity index (χ1v) is 8.68. The molecule has 1 N–H and O–H groups in total. The lowest BCUT2D eigenvalue weighted by Crippen LogP contribution is -2.45. The monoisotopic (exact) mass is 366 g/mol. The third-order valence-corrected chi connectivity index (χ3v) is 4.01. The average molecular weight is 366 g/mol. The zero-order valence-corrected chi connectivity index (χ0v) is 15.4. The molecule has 2 rings (SSSR count). The predicted molar refractivity (Wildman–Crippen MR) is 94.9 cm³/mol. The highest BCUT2D eigenvalue weighted by atomic mass is 16.5. The van der Waals surface area contributed by atoms with Gasteiger partial charge >= 0.3 is 5.97 Å². The van der Waals surface area contributed by atoms with Crippen LogP contribution in [0.15, 0.2) is 16.9 Å². The van der Waals surface area contributed by atoms with E-state index in [0.717, 1.165) is 4.68 Å². The summed E-state index contributed by atoms with van der Waals surface area (Å²) >= 11 is 0. The Morgan fingerprint density at radius 3 is 2.62 bits per heavy atom. The maximum absolute atomic E-state index is 12.3. The molecule has 0 saturated carbocycles. The number of amides is 1. The normalized spacial score (nSPS) is 15.6. The van der Waals surface area contributed by atoms with Crippen molar-refractivity contribution >= 4 is 17.7 Å². The number of hydrogen-bond donors (Lipinski definition) is 1. The molecule has 0 spiro atoms. The second-order valence-corrected chi connectivity index (χ2v) is 6.56. The molecule has 0 unspecified atom stereocenters. The summed E-state index contributed by atoms with van der Waals surface area (Å²) in [5, 5.41) is 6.89. The Labute approximate surface area is 152 Å². The minimum absolute atomic E-state index is 0.199. The van der Waals surface area contributed by atoms with E-state index in [-0.39, 0.29) is 18.0 Å². The Morgan fingerprint density at radius 2 is 2.00 bits per heavy atom. The first-order valence-electron chi connectivity index (χ1n) is 8.68. The van der Waals surface area contributed by atoms with Crippen LogP contribution in [0.3, 0.4) is 0 Å². The lowest BCUT2D eigenvalue weighted by molar-refractivity contribution is -0.145. The summed E-state index contributed by atoms with van der Waals surface area (Å²) in [5.74, 6) is -0.151. The van der Waals surface area contributed by atoms with Gasteiger partial charge in [-0.15, -0.1) is 0 Å². The Morgan fingerprint density at radius 1 is 1.31 bits per heavy atom. The van der Waals surface area contributed by atoms with Crippen LogP contribution < -0.4 is 15.8 Å². The number of nitrogens with one attached hydrogen (secondary N) is 1. The largest absolute Gasteiger partial charge is 0.467 e. The zero-order chi connectivity index (χ0) is 19.1. The van der Waals surface area contributed by atoms with Gasteiger partial charge in [-0.05, 0) is 18.4 Å². The Bertz CT molecular complexity index is 682. The lowest BCUT2D eigenvalue weighted by atomic mass is 10.0. The number of aromatic nitrogens is 2. The van der Waals surface area contributed by atoms with Crippen molar-refractivity contribution in [3.05, 3.63) is 22.5 Å². The molecule has 1 fully saturated rings. The van der Waals surface area contributed by atoms with Gasteiger partial charge in [0.05, 0.1) is 20.3 Å². The molecule has 1 aliphatic heterocycles. The SMILES string of the molecule is COC(=O)[C@H](CC(C)C)NC(=O)Cn1nc(N2CCOCC2)ccc1=O. The summed E-state index contributed by atoms with van der Waals surface area (Å²) in [4.78, 5) is 38.2. The van der Waals surface area contributed by atoms with Crippen LogP contribution in [0, 0.1) is 5.92 Å². The first kappa shape index (κ1) is 19.9. The fourth-order valence-corrected chi connectivity index (χ4v) is 2.72. The number of carbonyl (C=O) groups is 2. The maximum Gasteiger partial charge on any atom is 0.328 e. The second-order valence-electron chi connectivity index (χ2n) is 6.56. The molecule has 0 radical (unpaired) electrons. The zero-order valence-electron chi connectivity index (χ0n) is 15.4. The van der Waals surface area contributed by atoms with Crippen LogP contribution >= 0.6 is 0 Å². The van der Waals surface area contributed by atoms with Gasteiger partial charge in [-0.2, -0.15) is 5.10 Å². The van der Waals surface area contributed by atoms with E-state index >= 15 is 0 Å². The number of methoxy groups -OCH3 is 1. The highest BCUT2D eigenvalue weighted by Gasteiger charge is 2.23. The molecule has 2 heterocycles. The van der Waals surface area contributed by atoms with Crippen molar-refractivity contribution in [2.75, 3.05) is 38.3 Å². The number of nitrogens with zero attached hydrogens (tertiary/aromatic N) is 3. The van der Waals surface area contributed by atoms with Gasteiger partial charge in [0.25, 0.3) is 5.56 Å². The van der Waals surface area contributed by atoms with E-state index in [4.69, 9.17) is 9.47 Å². The van der Waals surface area contributed by atoms with Crippen molar-refractivity contribution in [1.29, 1.82) is 0 Å². The molecule has 1 aromatic rings. The summed E-state index contributed by atoms with van der Waals surface area (Å²) in [5.41, 5.74) is -0.379. The van der Waals surface area contributed by atoms with Crippen molar-refractivity contribution in [1.82, 2.24) is 15.1 Å². The van der Waals surface area contributed by atoms with Crippen molar-refractivity contribution in [3.8, 4) is 0 Å². The number of hydrogen-bond acceptors (Lipinski definition) is 7. The fraction of sp³-hybridized carbons (Fsp3) is 0.647. The summed E-state index contributed by atoms with van der Waals surface area (Å²) in [6, 6.07) is 2.28. The van der Waals surface area contributed by atoms with Gasteiger partial charge in [0.2, 0.25) is 5.91 Å². The van der Waals surface area contributed by atoms with E-state index < -0.39 is 17.9 Å². The Balaban J connectivity index is 2.07. The lowest BCUT2D eigenvalue weighted by Gasteiger charge is -2.27. The Kier molecular flexibility index (Phi) is 7.14. The molecular weight excluding hydrogens is 340 g/mol. The van der Waals surface area contributed by atoms with E-state index in [1.807, 2.05) is 18.7 Å². The number of ether oxygens (including phenoxy) is 2. The molecule has 9 heteroatoms. The van der Waals surface area contributed by atoms with Gasteiger partial charge in [-0.3, -0.25) is 9.59 Å². The van der Waals surface area contributed by atoms with Gasteiger partial charge in [0.1, 0.15) is 18.4 Å². The third-order valence-electron chi connectivity index (χ3n) is 4.01. The molecule has 0 aliphatic carbocycles. The van der Waals surface area contributed by atoms with E-state index in [1.54, 1.807) is 6.07 Å². The molecule has 0 aromatic carbocycles. The molecule has 9 nitrogen and oxygen atoms in total. The van der Waals surface area contributed by atoms with E-state index in [0.29, 0.717) is 38.5 Å². The van der Waals surface area contributed by atoms with Crippen LogP contribution in [0.4, 0.5) is 5.82 Å². The van der Waals surface area contributed by atoms with Crippen LogP contribution in [0.5, 0.6) is 0 Å². The number of anilines is 1. The number of rotatable bonds is 7. The third kappa shape index (κ3) is 5.55. The second kappa shape index (κ2) is 9.33. The van der Waals surface area contributed by atoms with Crippen LogP contribution in [0.25, 0.3) is 0 Å². The highest BCUT2D eigenvalue weighted by molar-refractivity contribution is 5.84. The molecule has 0 bridgehead atoms. The Hall–Kier alpha value is -2.42. The molecule has 1 saturated heterocycles. The predicted octanol–water partition coefficient (Wildman–Crippen LogP) is -0.216. The van der Waals surface area contributed by atoms with Crippen LogP contribution in [0.2, 0.25) is 0 Å². The molecule has 1 aliphatic rings.